The number of fused-ring (bicyclic) bond motifs is 1. The maximum atomic E-state index is 4.76. The smallest absolute Gasteiger partial charge is 0.135 e. The van der Waals surface area contributed by atoms with Crippen molar-refractivity contribution >= 4 is 11.6 Å². The van der Waals surface area contributed by atoms with E-state index in [1.165, 1.54) is 4.69 Å². The van der Waals surface area contributed by atoms with E-state index in [1.807, 2.05) is 6.07 Å². The van der Waals surface area contributed by atoms with Gasteiger partial charge < -0.3 is 0 Å². The standard InChI is InChI=1S/C6H5N3O/c1-2-5-6-3-4-7-9(6)10-8-5/h2-4H,1H2. The van der Waals surface area contributed by atoms with Gasteiger partial charge in [-0.2, -0.15) is 0 Å². The molecule has 0 aliphatic rings. The van der Waals surface area contributed by atoms with E-state index in [9.17, 15) is 0 Å². The first-order valence-electron chi connectivity index (χ1n) is 2.84. The molecule has 2 aromatic heterocycles. The number of hydrogen-bond acceptors (Lipinski definition) is 3. The van der Waals surface area contributed by atoms with Crippen molar-refractivity contribution in [2.45, 2.75) is 0 Å². The summed E-state index contributed by atoms with van der Waals surface area (Å²) in [6.07, 6.45) is 3.27. The van der Waals surface area contributed by atoms with Crippen molar-refractivity contribution in [2.75, 3.05) is 0 Å². The molecule has 0 fully saturated rings. The zero-order valence-electron chi connectivity index (χ0n) is 5.19. The van der Waals surface area contributed by atoms with Crippen LogP contribution in [0.1, 0.15) is 5.69 Å². The Morgan fingerprint density at radius 3 is 3.40 bits per heavy atom. The zero-order chi connectivity index (χ0) is 6.97. The maximum absolute atomic E-state index is 4.76. The summed E-state index contributed by atoms with van der Waals surface area (Å²) >= 11 is 0. The van der Waals surface area contributed by atoms with Gasteiger partial charge in [-0.25, -0.2) is 4.63 Å². The Morgan fingerprint density at radius 2 is 2.60 bits per heavy atom. The van der Waals surface area contributed by atoms with Crippen LogP contribution in [0.4, 0.5) is 0 Å². The maximum Gasteiger partial charge on any atom is 0.135 e. The summed E-state index contributed by atoms with van der Waals surface area (Å²) < 4.78 is 6.11. The Kier molecular flexibility index (Phi) is 0.887. The van der Waals surface area contributed by atoms with Gasteiger partial charge in [-0.05, 0) is 17.3 Å². The summed E-state index contributed by atoms with van der Waals surface area (Å²) in [5.74, 6) is 0. The van der Waals surface area contributed by atoms with Crippen LogP contribution in [0.3, 0.4) is 0 Å². The highest BCUT2D eigenvalue weighted by atomic mass is 16.6. The van der Waals surface area contributed by atoms with E-state index in [4.69, 9.17) is 4.63 Å². The third kappa shape index (κ3) is 0.500. The number of rotatable bonds is 1. The van der Waals surface area contributed by atoms with Crippen molar-refractivity contribution in [3.8, 4) is 0 Å². The lowest BCUT2D eigenvalue weighted by molar-refractivity contribution is 0.244. The highest BCUT2D eigenvalue weighted by Crippen LogP contribution is 2.07. The first-order valence-corrected chi connectivity index (χ1v) is 2.84. The van der Waals surface area contributed by atoms with E-state index in [-0.39, 0.29) is 0 Å². The van der Waals surface area contributed by atoms with Crippen LogP contribution in [0, 0.1) is 0 Å². The Morgan fingerprint density at radius 1 is 1.70 bits per heavy atom. The van der Waals surface area contributed by atoms with Crippen LogP contribution < -0.4 is 0 Å². The van der Waals surface area contributed by atoms with Gasteiger partial charge in [0, 0.05) is 0 Å². The highest BCUT2D eigenvalue weighted by Gasteiger charge is 2.02. The van der Waals surface area contributed by atoms with Crippen molar-refractivity contribution < 1.29 is 4.63 Å². The van der Waals surface area contributed by atoms with Crippen molar-refractivity contribution in [3.63, 3.8) is 0 Å². The second kappa shape index (κ2) is 1.70. The lowest BCUT2D eigenvalue weighted by atomic mass is 10.4. The zero-order valence-corrected chi connectivity index (χ0v) is 5.19. The molecule has 0 atom stereocenters. The summed E-state index contributed by atoms with van der Waals surface area (Å²) in [6, 6.07) is 1.81. The number of hydrogen-bond donors (Lipinski definition) is 0. The molecule has 0 amide bonds. The molecule has 2 heterocycles. The van der Waals surface area contributed by atoms with E-state index in [2.05, 4.69) is 16.8 Å². The van der Waals surface area contributed by atoms with Gasteiger partial charge in [0.25, 0.3) is 0 Å². The van der Waals surface area contributed by atoms with Crippen molar-refractivity contribution in [3.05, 3.63) is 24.5 Å². The fraction of sp³-hybridized carbons (Fsp3) is 0. The van der Waals surface area contributed by atoms with E-state index in [0.717, 1.165) is 11.2 Å². The monoisotopic (exact) mass is 135 g/mol. The molecule has 0 bridgehead atoms. The molecule has 2 aromatic rings. The van der Waals surface area contributed by atoms with Gasteiger partial charge in [0.15, 0.2) is 0 Å². The molecule has 50 valence electrons. The second-order valence-corrected chi connectivity index (χ2v) is 1.85. The molecule has 2 rings (SSSR count). The largest absolute Gasteiger partial charge is 0.245 e. The molecule has 0 aliphatic heterocycles. The molecular formula is C6H5N3O. The molecule has 0 saturated heterocycles. The van der Waals surface area contributed by atoms with Crippen LogP contribution in [-0.2, 0) is 0 Å². The quantitative estimate of drug-likeness (QED) is 0.585. The van der Waals surface area contributed by atoms with Crippen LogP contribution in [0.2, 0.25) is 0 Å². The van der Waals surface area contributed by atoms with Gasteiger partial charge >= 0.3 is 0 Å². The Bertz CT molecular complexity index is 360. The van der Waals surface area contributed by atoms with Crippen LogP contribution >= 0.6 is 0 Å². The van der Waals surface area contributed by atoms with Gasteiger partial charge in [-0.3, -0.25) is 0 Å². The van der Waals surface area contributed by atoms with Gasteiger partial charge in [-0.1, -0.05) is 11.3 Å². The van der Waals surface area contributed by atoms with Crippen LogP contribution in [0.5, 0.6) is 0 Å². The molecule has 0 aromatic carbocycles. The summed E-state index contributed by atoms with van der Waals surface area (Å²) in [6.45, 7) is 3.57. The van der Waals surface area contributed by atoms with Crippen LogP contribution in [0.15, 0.2) is 23.5 Å². The lowest BCUT2D eigenvalue weighted by Gasteiger charge is -1.72. The van der Waals surface area contributed by atoms with E-state index in [0.29, 0.717) is 0 Å². The third-order valence-corrected chi connectivity index (χ3v) is 1.28. The summed E-state index contributed by atoms with van der Waals surface area (Å²) in [5, 5.41) is 7.51. The molecule has 0 radical (unpaired) electrons. The topological polar surface area (TPSA) is 43.3 Å². The molecular weight excluding hydrogens is 130 g/mol. The number of nitrogens with zero attached hydrogens (tertiary/aromatic N) is 3. The van der Waals surface area contributed by atoms with Crippen molar-refractivity contribution in [1.82, 2.24) is 14.9 Å². The molecule has 4 heteroatoms. The van der Waals surface area contributed by atoms with Gasteiger partial charge in [0.1, 0.15) is 11.2 Å². The second-order valence-electron chi connectivity index (χ2n) is 1.85. The fourth-order valence-corrected chi connectivity index (χ4v) is 0.810. The first kappa shape index (κ1) is 5.22. The third-order valence-electron chi connectivity index (χ3n) is 1.28. The normalized spacial score (nSPS) is 10.4. The molecule has 10 heavy (non-hydrogen) atoms. The van der Waals surface area contributed by atoms with Crippen LogP contribution in [0.25, 0.3) is 11.6 Å². The molecule has 0 aliphatic carbocycles. The van der Waals surface area contributed by atoms with Gasteiger partial charge in [0.05, 0.1) is 6.20 Å². The molecule has 0 unspecified atom stereocenters. The molecule has 0 N–H and O–H groups in total. The van der Waals surface area contributed by atoms with E-state index in [1.54, 1.807) is 12.3 Å². The minimum Gasteiger partial charge on any atom is -0.245 e. The predicted molar refractivity (Wildman–Crippen MR) is 35.3 cm³/mol. The summed E-state index contributed by atoms with van der Waals surface area (Å²) in [5.41, 5.74) is 1.56. The van der Waals surface area contributed by atoms with E-state index < -0.39 is 0 Å². The van der Waals surface area contributed by atoms with Gasteiger partial charge in [0.2, 0.25) is 0 Å². The first-order chi connectivity index (χ1) is 4.92. The SMILES string of the molecule is C=Cc1non2nccc12. The minimum atomic E-state index is 0.720. The molecule has 0 spiro atoms. The van der Waals surface area contributed by atoms with Crippen molar-refractivity contribution in [1.29, 1.82) is 0 Å². The highest BCUT2D eigenvalue weighted by molar-refractivity contribution is 5.62. The molecule has 0 saturated carbocycles. The fourth-order valence-electron chi connectivity index (χ4n) is 0.810. The Balaban J connectivity index is 2.88. The predicted octanol–water partition coefficient (Wildman–Crippen LogP) is 0.965. The summed E-state index contributed by atoms with van der Waals surface area (Å²) in [4.78, 5) is 0. The minimum absolute atomic E-state index is 0.720. The average molecular weight is 135 g/mol. The lowest BCUT2D eigenvalue weighted by Crippen LogP contribution is -1.75. The van der Waals surface area contributed by atoms with Crippen LogP contribution in [-0.4, -0.2) is 14.9 Å². The molecule has 4 nitrogen and oxygen atoms in total. The summed E-state index contributed by atoms with van der Waals surface area (Å²) in [7, 11) is 0. The van der Waals surface area contributed by atoms with Gasteiger partial charge in [-0.15, -0.1) is 5.10 Å². The Hall–Kier alpha value is -1.58. The van der Waals surface area contributed by atoms with Crippen molar-refractivity contribution in [2.24, 2.45) is 0 Å². The van der Waals surface area contributed by atoms with E-state index >= 15 is 0 Å². The Labute approximate surface area is 56.7 Å². The number of aromatic nitrogens is 3. The average Bonchev–Trinajstić information content (AvgIpc) is 2.44.